The van der Waals surface area contributed by atoms with E-state index in [1.807, 2.05) is 18.5 Å². The van der Waals surface area contributed by atoms with Crippen molar-refractivity contribution in [3.63, 3.8) is 0 Å². The van der Waals surface area contributed by atoms with Crippen LogP contribution in [0.1, 0.15) is 31.7 Å². The van der Waals surface area contributed by atoms with Gasteiger partial charge in [0.2, 0.25) is 0 Å². The molecule has 0 aromatic carbocycles. The molecule has 1 aliphatic carbocycles. The standard InChI is InChI=1S/C13H19INO/c1-2-13(14-16-10-11-5-6-11)8-12-4-3-7-15-9-12/h3-4,7,9,11,13H,2,5-6,8,10H2,1H3/q-1. The molecule has 1 aliphatic rings. The molecule has 1 saturated carbocycles. The fourth-order valence-electron chi connectivity index (χ4n) is 1.51. The first-order chi connectivity index (χ1) is 7.88. The number of aromatic nitrogens is 1. The molecule has 0 bridgehead atoms. The van der Waals surface area contributed by atoms with Crippen molar-refractivity contribution in [2.24, 2.45) is 5.92 Å². The zero-order valence-electron chi connectivity index (χ0n) is 9.73. The summed E-state index contributed by atoms with van der Waals surface area (Å²) < 4.78 is 6.62. The van der Waals surface area contributed by atoms with Crippen LogP contribution in [0.25, 0.3) is 0 Å². The van der Waals surface area contributed by atoms with Gasteiger partial charge in [-0.1, -0.05) is 0 Å². The third-order valence-corrected chi connectivity index (χ3v) is 5.57. The second kappa shape index (κ2) is 6.55. The SMILES string of the molecule is CCC(Cc1cccnc1)[I-]OCC1CC1. The zero-order valence-corrected chi connectivity index (χ0v) is 11.9. The first-order valence-corrected chi connectivity index (χ1v) is 8.15. The van der Waals surface area contributed by atoms with Gasteiger partial charge in [-0.15, -0.1) is 0 Å². The van der Waals surface area contributed by atoms with E-state index in [0.717, 1.165) is 22.9 Å². The average Bonchev–Trinajstić information content (AvgIpc) is 3.13. The van der Waals surface area contributed by atoms with Gasteiger partial charge in [-0.25, -0.2) is 0 Å². The molecule has 1 atom stereocenters. The van der Waals surface area contributed by atoms with Gasteiger partial charge in [-0.3, -0.25) is 0 Å². The molecule has 0 radical (unpaired) electrons. The van der Waals surface area contributed by atoms with Crippen LogP contribution >= 0.6 is 0 Å². The van der Waals surface area contributed by atoms with E-state index >= 15 is 0 Å². The first kappa shape index (κ1) is 12.3. The van der Waals surface area contributed by atoms with Gasteiger partial charge in [0.25, 0.3) is 0 Å². The van der Waals surface area contributed by atoms with Gasteiger partial charge in [0.1, 0.15) is 0 Å². The summed E-state index contributed by atoms with van der Waals surface area (Å²) in [5.74, 6) is 0.899. The molecule has 1 aromatic rings. The molecule has 0 aliphatic heterocycles. The molecular formula is C13H19INO-. The van der Waals surface area contributed by atoms with E-state index in [0.29, 0.717) is 0 Å². The summed E-state index contributed by atoms with van der Waals surface area (Å²) in [6.45, 7) is 3.29. The van der Waals surface area contributed by atoms with Crippen molar-refractivity contribution in [2.75, 3.05) is 6.61 Å². The van der Waals surface area contributed by atoms with Crippen LogP contribution in [-0.4, -0.2) is 15.5 Å². The van der Waals surface area contributed by atoms with Crippen molar-refractivity contribution < 1.29 is 24.7 Å². The van der Waals surface area contributed by atoms with Crippen LogP contribution in [0, 0.1) is 5.92 Å². The van der Waals surface area contributed by atoms with E-state index in [2.05, 4.69) is 18.0 Å². The Morgan fingerprint density at radius 2 is 2.44 bits per heavy atom. The van der Waals surface area contributed by atoms with Gasteiger partial charge in [-0.05, 0) is 0 Å². The molecule has 2 rings (SSSR count). The summed E-state index contributed by atoms with van der Waals surface area (Å²) in [5, 5.41) is 0. The van der Waals surface area contributed by atoms with Crippen molar-refractivity contribution >= 4 is 0 Å². The Bertz CT molecular complexity index is 300. The minimum atomic E-state index is -0.0883. The molecule has 3 heteroatoms. The molecule has 1 fully saturated rings. The van der Waals surface area contributed by atoms with Gasteiger partial charge in [0.15, 0.2) is 0 Å². The first-order valence-electron chi connectivity index (χ1n) is 6.02. The predicted molar refractivity (Wildman–Crippen MR) is 60.7 cm³/mol. The second-order valence-corrected chi connectivity index (χ2v) is 7.27. The number of rotatable bonds is 7. The minimum absolute atomic E-state index is 0.0883. The number of hydrogen-bond acceptors (Lipinski definition) is 2. The Kier molecular flexibility index (Phi) is 5.03. The molecule has 0 saturated heterocycles. The van der Waals surface area contributed by atoms with Gasteiger partial charge < -0.3 is 0 Å². The van der Waals surface area contributed by atoms with Crippen molar-refractivity contribution in [2.45, 2.75) is 36.5 Å². The van der Waals surface area contributed by atoms with E-state index in [1.165, 1.54) is 24.8 Å². The van der Waals surface area contributed by atoms with Crippen LogP contribution in [0.2, 0.25) is 0 Å². The van der Waals surface area contributed by atoms with Crippen LogP contribution in [0.5, 0.6) is 0 Å². The molecule has 1 heterocycles. The fraction of sp³-hybridized carbons (Fsp3) is 0.615. The number of pyridine rings is 1. The number of nitrogens with zero attached hydrogens (tertiary/aromatic N) is 1. The summed E-state index contributed by atoms with van der Waals surface area (Å²) in [7, 11) is 0. The molecule has 16 heavy (non-hydrogen) atoms. The number of alkyl halides is 1. The second-order valence-electron chi connectivity index (χ2n) is 4.38. The van der Waals surface area contributed by atoms with Crippen LogP contribution in [-0.2, 0) is 9.49 Å². The molecular weight excluding hydrogens is 313 g/mol. The molecule has 2 nitrogen and oxygen atoms in total. The van der Waals surface area contributed by atoms with Crippen LogP contribution in [0.15, 0.2) is 24.5 Å². The van der Waals surface area contributed by atoms with Gasteiger partial charge in [-0.2, -0.15) is 0 Å². The van der Waals surface area contributed by atoms with Gasteiger partial charge in [0.05, 0.1) is 0 Å². The monoisotopic (exact) mass is 332 g/mol. The van der Waals surface area contributed by atoms with Gasteiger partial charge in [0, 0.05) is 0 Å². The average molecular weight is 332 g/mol. The normalized spacial score (nSPS) is 17.6. The maximum absolute atomic E-state index is 5.87. The molecule has 1 unspecified atom stereocenters. The fourth-order valence-corrected chi connectivity index (χ4v) is 3.79. The van der Waals surface area contributed by atoms with E-state index in [-0.39, 0.29) is 21.6 Å². The van der Waals surface area contributed by atoms with Crippen molar-refractivity contribution in [3.8, 4) is 0 Å². The third kappa shape index (κ3) is 4.37. The van der Waals surface area contributed by atoms with E-state index in [4.69, 9.17) is 3.07 Å². The predicted octanol–water partition coefficient (Wildman–Crippen LogP) is -0.167. The topological polar surface area (TPSA) is 22.1 Å². The van der Waals surface area contributed by atoms with Crippen molar-refractivity contribution in [3.05, 3.63) is 30.1 Å². The van der Waals surface area contributed by atoms with E-state index in [9.17, 15) is 0 Å². The van der Waals surface area contributed by atoms with Crippen LogP contribution in [0.4, 0.5) is 0 Å². The maximum atomic E-state index is 5.87. The third-order valence-electron chi connectivity index (χ3n) is 2.81. The zero-order chi connectivity index (χ0) is 11.2. The summed E-state index contributed by atoms with van der Waals surface area (Å²) >= 11 is -0.0883. The molecule has 0 spiro atoms. The summed E-state index contributed by atoms with van der Waals surface area (Å²) in [5.41, 5.74) is 1.35. The molecule has 90 valence electrons. The summed E-state index contributed by atoms with van der Waals surface area (Å²) in [6.07, 6.45) is 8.97. The summed E-state index contributed by atoms with van der Waals surface area (Å²) in [4.78, 5) is 4.16. The van der Waals surface area contributed by atoms with Crippen LogP contribution < -0.4 is 21.6 Å². The van der Waals surface area contributed by atoms with E-state index < -0.39 is 0 Å². The van der Waals surface area contributed by atoms with Crippen LogP contribution in [0.3, 0.4) is 0 Å². The van der Waals surface area contributed by atoms with Crippen molar-refractivity contribution in [1.82, 2.24) is 4.98 Å². The Hall–Kier alpha value is -0.160. The summed E-state index contributed by atoms with van der Waals surface area (Å²) in [6, 6.07) is 4.19. The number of halogens is 1. The molecule has 1 aromatic heterocycles. The van der Waals surface area contributed by atoms with Gasteiger partial charge >= 0.3 is 109 Å². The Morgan fingerprint density at radius 3 is 3.06 bits per heavy atom. The molecule has 0 amide bonds. The molecule has 0 N–H and O–H groups in total. The van der Waals surface area contributed by atoms with E-state index in [1.54, 1.807) is 0 Å². The Morgan fingerprint density at radius 1 is 1.56 bits per heavy atom. The van der Waals surface area contributed by atoms with Crippen molar-refractivity contribution in [1.29, 1.82) is 0 Å². The number of hydrogen-bond donors (Lipinski definition) is 0. The Balaban J connectivity index is 1.71. The quantitative estimate of drug-likeness (QED) is 0.511. The Labute approximate surface area is 109 Å².